The van der Waals surface area contributed by atoms with Gasteiger partial charge in [-0.15, -0.1) is 24.0 Å². The molecule has 1 aromatic rings. The molecule has 0 aliphatic carbocycles. The smallest absolute Gasteiger partial charge is 0.357 e. The largest absolute Gasteiger partial charge is 0.390 e. The molecule has 0 radical (unpaired) electrons. The Morgan fingerprint density at radius 2 is 2.09 bits per heavy atom. The highest BCUT2D eigenvalue weighted by atomic mass is 127. The first-order chi connectivity index (χ1) is 9.73. The monoisotopic (exact) mass is 496 g/mol. The first-order valence-electron chi connectivity index (χ1n) is 6.60. The van der Waals surface area contributed by atoms with Crippen LogP contribution in [0.5, 0.6) is 0 Å². The zero-order chi connectivity index (χ0) is 16.0. The van der Waals surface area contributed by atoms with Gasteiger partial charge < -0.3 is 14.8 Å². The topological polar surface area (TPSA) is 32.6 Å². The van der Waals surface area contributed by atoms with E-state index in [9.17, 15) is 13.2 Å². The van der Waals surface area contributed by atoms with E-state index in [1.807, 2.05) is 35.7 Å². The number of nitrogens with zero attached hydrogens (tertiary/aromatic N) is 3. The lowest BCUT2D eigenvalue weighted by Crippen LogP contribution is -2.39. The lowest BCUT2D eigenvalue weighted by molar-refractivity contribution is -0.132. The molecule has 22 heavy (non-hydrogen) atoms. The van der Waals surface area contributed by atoms with E-state index in [0.29, 0.717) is 19.0 Å². The van der Waals surface area contributed by atoms with Gasteiger partial charge in [0.15, 0.2) is 5.96 Å². The third-order valence-corrected chi connectivity index (χ3v) is 3.26. The summed E-state index contributed by atoms with van der Waals surface area (Å²) < 4.78 is 39.5. The highest BCUT2D eigenvalue weighted by Crippen LogP contribution is 2.19. The molecule has 1 rings (SSSR count). The summed E-state index contributed by atoms with van der Waals surface area (Å²) in [5.74, 6) is 0.471. The zero-order valence-electron chi connectivity index (χ0n) is 12.7. The molecule has 0 bridgehead atoms. The second kappa shape index (κ2) is 9.64. The van der Waals surface area contributed by atoms with E-state index < -0.39 is 12.6 Å². The number of aromatic nitrogens is 1. The molecular formula is C13H21BrF3IN4. The van der Waals surface area contributed by atoms with Gasteiger partial charge in [-0.2, -0.15) is 13.2 Å². The van der Waals surface area contributed by atoms with E-state index in [2.05, 4.69) is 26.2 Å². The van der Waals surface area contributed by atoms with Gasteiger partial charge >= 0.3 is 6.18 Å². The zero-order valence-corrected chi connectivity index (χ0v) is 16.7. The molecule has 9 heteroatoms. The van der Waals surface area contributed by atoms with Crippen LogP contribution >= 0.6 is 39.9 Å². The van der Waals surface area contributed by atoms with Gasteiger partial charge in [0.25, 0.3) is 0 Å². The number of guanidine groups is 1. The molecule has 0 aliphatic heterocycles. The Hall–Kier alpha value is -0.450. The first-order valence-corrected chi connectivity index (χ1v) is 7.39. The maximum Gasteiger partial charge on any atom is 0.390 e. The number of rotatable bonds is 5. The molecule has 0 amide bonds. The molecule has 128 valence electrons. The van der Waals surface area contributed by atoms with E-state index in [1.54, 1.807) is 7.05 Å². The Balaban J connectivity index is 0.00000441. The van der Waals surface area contributed by atoms with Gasteiger partial charge in [0.05, 0.1) is 19.5 Å². The van der Waals surface area contributed by atoms with Crippen molar-refractivity contribution in [2.24, 2.45) is 12.0 Å². The van der Waals surface area contributed by atoms with E-state index >= 15 is 0 Å². The fourth-order valence-electron chi connectivity index (χ4n) is 1.80. The summed E-state index contributed by atoms with van der Waals surface area (Å²) in [5.41, 5.74) is 1.03. The Morgan fingerprint density at radius 1 is 1.45 bits per heavy atom. The van der Waals surface area contributed by atoms with E-state index in [0.717, 1.165) is 10.2 Å². The van der Waals surface area contributed by atoms with Gasteiger partial charge in [-0.05, 0) is 28.9 Å². The highest BCUT2D eigenvalue weighted by molar-refractivity contribution is 14.0. The quantitative estimate of drug-likeness (QED) is 0.382. The number of alkyl halides is 3. The van der Waals surface area contributed by atoms with Crippen LogP contribution in [0.3, 0.4) is 0 Å². The van der Waals surface area contributed by atoms with Crippen molar-refractivity contribution in [3.8, 4) is 0 Å². The first kappa shape index (κ1) is 21.6. The number of halogens is 5. The summed E-state index contributed by atoms with van der Waals surface area (Å²) in [7, 11) is 3.72. The molecule has 0 aromatic carbocycles. The Bertz CT molecular complexity index is 488. The lowest BCUT2D eigenvalue weighted by atomic mass is 10.4. The highest BCUT2D eigenvalue weighted by Gasteiger charge is 2.26. The van der Waals surface area contributed by atoms with Crippen molar-refractivity contribution >= 4 is 45.9 Å². The minimum atomic E-state index is -4.18. The van der Waals surface area contributed by atoms with Gasteiger partial charge in [-0.3, -0.25) is 4.99 Å². The molecule has 0 aliphatic rings. The maximum absolute atomic E-state index is 12.2. The summed E-state index contributed by atoms with van der Waals surface area (Å²) in [4.78, 5) is 5.83. The minimum Gasteiger partial charge on any atom is -0.357 e. The van der Waals surface area contributed by atoms with Gasteiger partial charge in [-0.1, -0.05) is 0 Å². The Kier molecular flexibility index (Phi) is 9.44. The van der Waals surface area contributed by atoms with Gasteiger partial charge in [0, 0.05) is 37.0 Å². The fourth-order valence-corrected chi connectivity index (χ4v) is 2.37. The second-order valence-electron chi connectivity index (χ2n) is 4.72. The SMILES string of the molecule is CCNC(=NCCC(F)(F)F)N(C)Cc1cc(Br)cn1C.I. The molecule has 0 saturated heterocycles. The van der Waals surface area contributed by atoms with Gasteiger partial charge in [0.1, 0.15) is 0 Å². The number of hydrogen-bond acceptors (Lipinski definition) is 1. The summed E-state index contributed by atoms with van der Waals surface area (Å²) in [6, 6.07) is 1.97. The molecule has 0 fully saturated rings. The molecule has 1 heterocycles. The van der Waals surface area contributed by atoms with Crippen LogP contribution in [-0.4, -0.2) is 41.7 Å². The minimum absolute atomic E-state index is 0. The van der Waals surface area contributed by atoms with Crippen LogP contribution in [0.15, 0.2) is 21.7 Å². The van der Waals surface area contributed by atoms with Crippen LogP contribution in [-0.2, 0) is 13.6 Å². The molecule has 0 atom stereocenters. The van der Waals surface area contributed by atoms with Crippen LogP contribution in [0, 0.1) is 0 Å². The van der Waals surface area contributed by atoms with Crippen LogP contribution in [0.2, 0.25) is 0 Å². The van der Waals surface area contributed by atoms with E-state index in [4.69, 9.17) is 0 Å². The summed E-state index contributed by atoms with van der Waals surface area (Å²) in [6.45, 7) is 2.77. The molecule has 4 nitrogen and oxygen atoms in total. The van der Waals surface area contributed by atoms with E-state index in [-0.39, 0.29) is 30.5 Å². The average molecular weight is 497 g/mol. The predicted molar refractivity (Wildman–Crippen MR) is 96.6 cm³/mol. The molecule has 0 unspecified atom stereocenters. The maximum atomic E-state index is 12.2. The number of nitrogens with one attached hydrogen (secondary N) is 1. The van der Waals surface area contributed by atoms with Crippen LogP contribution in [0.25, 0.3) is 0 Å². The molecule has 1 aromatic heterocycles. The van der Waals surface area contributed by atoms with Crippen LogP contribution < -0.4 is 5.32 Å². The van der Waals surface area contributed by atoms with Crippen molar-refractivity contribution < 1.29 is 13.2 Å². The Morgan fingerprint density at radius 3 is 2.55 bits per heavy atom. The third kappa shape index (κ3) is 7.70. The van der Waals surface area contributed by atoms with E-state index in [1.165, 1.54) is 0 Å². The van der Waals surface area contributed by atoms with Crippen molar-refractivity contribution in [3.63, 3.8) is 0 Å². The predicted octanol–water partition coefficient (Wildman–Crippen LogP) is 3.76. The summed E-state index contributed by atoms with van der Waals surface area (Å²) >= 11 is 3.39. The van der Waals surface area contributed by atoms with Crippen molar-refractivity contribution in [3.05, 3.63) is 22.4 Å². The molecule has 0 spiro atoms. The van der Waals surface area contributed by atoms with Crippen molar-refractivity contribution in [1.82, 2.24) is 14.8 Å². The number of aryl methyl sites for hydroxylation is 1. The molecule has 0 saturated carbocycles. The third-order valence-electron chi connectivity index (χ3n) is 2.83. The Labute approximate surface area is 154 Å². The number of aliphatic imine (C=N–C) groups is 1. The standard InChI is InChI=1S/C13H20BrF3N4.HI/c1-4-18-12(19-6-5-13(15,16)17)21(3)9-11-7-10(14)8-20(11)2;/h7-8H,4-6,9H2,1-3H3,(H,18,19);1H. The van der Waals surface area contributed by atoms with Gasteiger partial charge in [0.2, 0.25) is 0 Å². The second-order valence-corrected chi connectivity index (χ2v) is 5.63. The average Bonchev–Trinajstić information content (AvgIpc) is 2.65. The fraction of sp³-hybridized carbons (Fsp3) is 0.615. The van der Waals surface area contributed by atoms with Crippen molar-refractivity contribution in [2.45, 2.75) is 26.1 Å². The lowest BCUT2D eigenvalue weighted by Gasteiger charge is -2.22. The summed E-state index contributed by atoms with van der Waals surface area (Å²) in [6.07, 6.45) is -3.16. The normalized spacial score (nSPS) is 12.0. The molecule has 1 N–H and O–H groups in total. The van der Waals surface area contributed by atoms with Crippen molar-refractivity contribution in [2.75, 3.05) is 20.1 Å². The van der Waals surface area contributed by atoms with Crippen molar-refractivity contribution in [1.29, 1.82) is 0 Å². The van der Waals surface area contributed by atoms with Crippen LogP contribution in [0.1, 0.15) is 19.0 Å². The summed E-state index contributed by atoms with van der Waals surface area (Å²) in [5, 5.41) is 3.00. The number of hydrogen-bond donors (Lipinski definition) is 1. The van der Waals surface area contributed by atoms with Crippen LogP contribution in [0.4, 0.5) is 13.2 Å². The molecular weight excluding hydrogens is 476 g/mol. The van der Waals surface area contributed by atoms with Gasteiger partial charge in [-0.25, -0.2) is 0 Å².